The van der Waals surface area contributed by atoms with Crippen LogP contribution in [-0.4, -0.2) is 18.1 Å². The topological polar surface area (TPSA) is 64.3 Å². The zero-order chi connectivity index (χ0) is 13.0. The lowest BCUT2D eigenvalue weighted by atomic mass is 9.93. The van der Waals surface area contributed by atoms with Gasteiger partial charge in [0.15, 0.2) is 0 Å². The first-order valence-corrected chi connectivity index (χ1v) is 6.42. The van der Waals surface area contributed by atoms with E-state index in [1.807, 2.05) is 31.2 Å². The minimum absolute atomic E-state index is 0.0100. The summed E-state index contributed by atoms with van der Waals surface area (Å²) in [7, 11) is 0. The van der Waals surface area contributed by atoms with Gasteiger partial charge >= 0.3 is 0 Å². The van der Waals surface area contributed by atoms with Gasteiger partial charge in [0, 0.05) is 11.6 Å². The summed E-state index contributed by atoms with van der Waals surface area (Å²) in [6.45, 7) is 1.99. The molecule has 1 amide bonds. The van der Waals surface area contributed by atoms with E-state index in [1.165, 1.54) is 0 Å². The van der Waals surface area contributed by atoms with Crippen LogP contribution in [-0.2, 0) is 4.84 Å². The van der Waals surface area contributed by atoms with Crippen LogP contribution in [0.25, 0.3) is 0 Å². The molecule has 4 nitrogen and oxygen atoms in total. The van der Waals surface area contributed by atoms with Crippen LogP contribution in [0.5, 0.6) is 0 Å². The number of hydrogen-bond donors (Lipinski definition) is 2. The molecule has 1 saturated carbocycles. The summed E-state index contributed by atoms with van der Waals surface area (Å²) < 4.78 is 0. The molecule has 0 saturated heterocycles. The monoisotopic (exact) mass is 248 g/mol. The van der Waals surface area contributed by atoms with Gasteiger partial charge < -0.3 is 10.2 Å². The molecule has 1 aromatic rings. The SMILES string of the molecule is Cc1cccc(C(=O)NC2CCC(ON)CC2)c1. The average Bonchev–Trinajstić information content (AvgIpc) is 2.39. The molecule has 4 heteroatoms. The Morgan fingerprint density at radius 1 is 1.33 bits per heavy atom. The molecule has 0 spiro atoms. The number of nitrogens with two attached hydrogens (primary N) is 1. The molecule has 0 radical (unpaired) electrons. The lowest BCUT2D eigenvalue weighted by Crippen LogP contribution is -2.39. The first-order chi connectivity index (χ1) is 8.69. The Labute approximate surface area is 107 Å². The fraction of sp³-hybridized carbons (Fsp3) is 0.500. The predicted molar refractivity (Wildman–Crippen MR) is 70.0 cm³/mol. The second-order valence-electron chi connectivity index (χ2n) is 4.95. The number of carbonyl (C=O) groups excluding carboxylic acids is 1. The highest BCUT2D eigenvalue weighted by Crippen LogP contribution is 2.20. The summed E-state index contributed by atoms with van der Waals surface area (Å²) in [5.41, 5.74) is 1.83. The molecular weight excluding hydrogens is 228 g/mol. The highest BCUT2D eigenvalue weighted by Gasteiger charge is 2.22. The van der Waals surface area contributed by atoms with Gasteiger partial charge in [-0.1, -0.05) is 17.7 Å². The fourth-order valence-corrected chi connectivity index (χ4v) is 2.40. The molecule has 0 atom stereocenters. The molecule has 0 bridgehead atoms. The minimum atomic E-state index is 0.0100. The number of carbonyl (C=O) groups is 1. The Kier molecular flexibility index (Phi) is 4.33. The van der Waals surface area contributed by atoms with Gasteiger partial charge in [-0.05, 0) is 44.7 Å². The van der Waals surface area contributed by atoms with E-state index in [0.29, 0.717) is 0 Å². The molecule has 0 aliphatic heterocycles. The third kappa shape index (κ3) is 3.31. The first kappa shape index (κ1) is 13.1. The highest BCUT2D eigenvalue weighted by atomic mass is 16.6. The van der Waals surface area contributed by atoms with Crippen molar-refractivity contribution in [2.45, 2.75) is 44.8 Å². The van der Waals surface area contributed by atoms with Gasteiger partial charge in [-0.15, -0.1) is 0 Å². The van der Waals surface area contributed by atoms with Crippen molar-refractivity contribution >= 4 is 5.91 Å². The molecule has 3 N–H and O–H groups in total. The van der Waals surface area contributed by atoms with Gasteiger partial charge in [0.05, 0.1) is 6.10 Å². The summed E-state index contributed by atoms with van der Waals surface area (Å²) in [5, 5.41) is 3.07. The van der Waals surface area contributed by atoms with E-state index < -0.39 is 0 Å². The van der Waals surface area contributed by atoms with Crippen molar-refractivity contribution in [2.75, 3.05) is 0 Å². The summed E-state index contributed by atoms with van der Waals surface area (Å²) in [4.78, 5) is 16.9. The lowest BCUT2D eigenvalue weighted by Gasteiger charge is -2.27. The molecule has 18 heavy (non-hydrogen) atoms. The highest BCUT2D eigenvalue weighted by molar-refractivity contribution is 5.94. The average molecular weight is 248 g/mol. The molecule has 1 aliphatic carbocycles. The number of hydrogen-bond acceptors (Lipinski definition) is 3. The molecule has 1 aromatic carbocycles. The molecular formula is C14H20N2O2. The number of nitrogens with one attached hydrogen (secondary N) is 1. The number of benzene rings is 1. The zero-order valence-corrected chi connectivity index (χ0v) is 10.7. The maximum absolute atomic E-state index is 12.0. The first-order valence-electron chi connectivity index (χ1n) is 6.42. The largest absolute Gasteiger partial charge is 0.349 e. The Bertz CT molecular complexity index is 412. The minimum Gasteiger partial charge on any atom is -0.349 e. The van der Waals surface area contributed by atoms with E-state index in [4.69, 9.17) is 10.7 Å². The van der Waals surface area contributed by atoms with Crippen LogP contribution in [0.15, 0.2) is 24.3 Å². The summed E-state index contributed by atoms with van der Waals surface area (Å²) in [6, 6.07) is 7.88. The van der Waals surface area contributed by atoms with Crippen LogP contribution in [0.3, 0.4) is 0 Å². The van der Waals surface area contributed by atoms with Gasteiger partial charge in [-0.2, -0.15) is 0 Å². The summed E-state index contributed by atoms with van der Waals surface area (Å²) in [5.74, 6) is 5.18. The second kappa shape index (κ2) is 5.98. The zero-order valence-electron chi connectivity index (χ0n) is 10.7. The summed E-state index contributed by atoms with van der Waals surface area (Å²) >= 11 is 0. The van der Waals surface area contributed by atoms with E-state index in [9.17, 15) is 4.79 Å². The quantitative estimate of drug-likeness (QED) is 0.803. The van der Waals surface area contributed by atoms with Crippen molar-refractivity contribution < 1.29 is 9.63 Å². The maximum atomic E-state index is 12.0. The van der Waals surface area contributed by atoms with Crippen molar-refractivity contribution in [1.82, 2.24) is 5.32 Å². The van der Waals surface area contributed by atoms with Crippen molar-refractivity contribution in [3.8, 4) is 0 Å². The standard InChI is InChI=1S/C14H20N2O2/c1-10-3-2-4-11(9-10)14(17)16-12-5-7-13(18-15)8-6-12/h2-4,9,12-13H,5-8,15H2,1H3,(H,16,17). The lowest BCUT2D eigenvalue weighted by molar-refractivity contribution is 0.0217. The third-order valence-corrected chi connectivity index (χ3v) is 3.48. The normalized spacial score (nSPS) is 23.7. The van der Waals surface area contributed by atoms with Crippen molar-refractivity contribution in [2.24, 2.45) is 5.90 Å². The molecule has 2 rings (SSSR count). The van der Waals surface area contributed by atoms with E-state index in [-0.39, 0.29) is 18.1 Å². The molecule has 98 valence electrons. The van der Waals surface area contributed by atoms with E-state index in [1.54, 1.807) is 0 Å². The Balaban J connectivity index is 1.89. The van der Waals surface area contributed by atoms with E-state index in [0.717, 1.165) is 36.8 Å². The van der Waals surface area contributed by atoms with Crippen LogP contribution in [0.2, 0.25) is 0 Å². The fourth-order valence-electron chi connectivity index (χ4n) is 2.40. The van der Waals surface area contributed by atoms with Crippen LogP contribution in [0.4, 0.5) is 0 Å². The van der Waals surface area contributed by atoms with Gasteiger partial charge in [0.1, 0.15) is 0 Å². The molecule has 1 aliphatic rings. The van der Waals surface area contributed by atoms with Crippen LogP contribution in [0, 0.1) is 6.92 Å². The van der Waals surface area contributed by atoms with Crippen molar-refractivity contribution in [1.29, 1.82) is 0 Å². The van der Waals surface area contributed by atoms with E-state index >= 15 is 0 Å². The Morgan fingerprint density at radius 2 is 2.06 bits per heavy atom. The van der Waals surface area contributed by atoms with E-state index in [2.05, 4.69) is 5.32 Å². The van der Waals surface area contributed by atoms with Gasteiger partial charge in [0.2, 0.25) is 0 Å². The van der Waals surface area contributed by atoms with Crippen LogP contribution in [0.1, 0.15) is 41.6 Å². The smallest absolute Gasteiger partial charge is 0.251 e. The van der Waals surface area contributed by atoms with Crippen molar-refractivity contribution in [3.63, 3.8) is 0 Å². The second-order valence-corrected chi connectivity index (χ2v) is 4.95. The molecule has 1 fully saturated rings. The number of aryl methyl sites for hydroxylation is 1. The van der Waals surface area contributed by atoms with Crippen LogP contribution >= 0.6 is 0 Å². The molecule has 0 unspecified atom stereocenters. The Morgan fingerprint density at radius 3 is 2.67 bits per heavy atom. The number of rotatable bonds is 3. The third-order valence-electron chi connectivity index (χ3n) is 3.48. The maximum Gasteiger partial charge on any atom is 0.251 e. The Hall–Kier alpha value is -1.39. The predicted octanol–water partition coefficient (Wildman–Crippen LogP) is 1.93. The summed E-state index contributed by atoms with van der Waals surface area (Å²) in [6.07, 6.45) is 3.83. The van der Waals surface area contributed by atoms with Gasteiger partial charge in [0.25, 0.3) is 5.91 Å². The van der Waals surface area contributed by atoms with Gasteiger partial charge in [-0.25, -0.2) is 5.90 Å². The van der Waals surface area contributed by atoms with Gasteiger partial charge in [-0.3, -0.25) is 4.79 Å². The van der Waals surface area contributed by atoms with Crippen molar-refractivity contribution in [3.05, 3.63) is 35.4 Å². The number of amides is 1. The van der Waals surface area contributed by atoms with Crippen LogP contribution < -0.4 is 11.2 Å². The molecule has 0 aromatic heterocycles. The molecule has 0 heterocycles.